The average molecular weight is 452 g/mol. The standard InChI is InChI=1S/C19H19F2N5S3/c1-11-4-7-16(27-11)19(8-3-9-22)26(18-24-23-12(2)28-18)25-17(29-19)14-10-13(20)5-6-15(14)21/h4-7,10H,3,8-9,22H2,1-2H3. The number of hydrogen-bond donors (Lipinski definition) is 1. The van der Waals surface area contributed by atoms with Crippen LogP contribution in [0.3, 0.4) is 0 Å². The van der Waals surface area contributed by atoms with Crippen LogP contribution in [0.4, 0.5) is 13.9 Å². The van der Waals surface area contributed by atoms with Gasteiger partial charge in [0.1, 0.15) is 21.7 Å². The van der Waals surface area contributed by atoms with E-state index in [1.165, 1.54) is 29.2 Å². The Morgan fingerprint density at radius 1 is 1.10 bits per heavy atom. The van der Waals surface area contributed by atoms with Gasteiger partial charge < -0.3 is 5.73 Å². The van der Waals surface area contributed by atoms with Crippen molar-refractivity contribution in [2.24, 2.45) is 10.8 Å². The zero-order valence-electron chi connectivity index (χ0n) is 15.9. The first-order chi connectivity index (χ1) is 13.9. The van der Waals surface area contributed by atoms with Crippen LogP contribution in [0.15, 0.2) is 35.4 Å². The third-order valence-electron chi connectivity index (χ3n) is 4.50. The lowest BCUT2D eigenvalue weighted by molar-refractivity contribution is 0.533. The van der Waals surface area contributed by atoms with Gasteiger partial charge in [-0.25, -0.2) is 13.8 Å². The third kappa shape index (κ3) is 3.81. The van der Waals surface area contributed by atoms with E-state index in [9.17, 15) is 8.78 Å². The van der Waals surface area contributed by atoms with Crippen LogP contribution in [-0.2, 0) is 4.87 Å². The molecular weight excluding hydrogens is 432 g/mol. The first-order valence-corrected chi connectivity index (χ1v) is 11.5. The quantitative estimate of drug-likeness (QED) is 0.571. The number of halogens is 2. The lowest BCUT2D eigenvalue weighted by atomic mass is 10.1. The first-order valence-electron chi connectivity index (χ1n) is 9.03. The Morgan fingerprint density at radius 3 is 2.59 bits per heavy atom. The van der Waals surface area contributed by atoms with E-state index in [4.69, 9.17) is 10.8 Å². The molecule has 10 heteroatoms. The molecule has 29 heavy (non-hydrogen) atoms. The van der Waals surface area contributed by atoms with Crippen molar-refractivity contribution in [2.45, 2.75) is 31.6 Å². The van der Waals surface area contributed by atoms with Crippen LogP contribution in [0, 0.1) is 25.5 Å². The van der Waals surface area contributed by atoms with Crippen molar-refractivity contribution in [1.82, 2.24) is 10.2 Å². The molecule has 1 aliphatic heterocycles. The smallest absolute Gasteiger partial charge is 0.230 e. The van der Waals surface area contributed by atoms with Crippen LogP contribution < -0.4 is 10.7 Å². The van der Waals surface area contributed by atoms with Gasteiger partial charge in [-0.2, -0.15) is 5.10 Å². The van der Waals surface area contributed by atoms with Crippen LogP contribution in [-0.4, -0.2) is 21.8 Å². The fraction of sp³-hybridized carbons (Fsp3) is 0.316. The van der Waals surface area contributed by atoms with Crippen LogP contribution in [0.25, 0.3) is 0 Å². The summed E-state index contributed by atoms with van der Waals surface area (Å²) in [7, 11) is 0. The molecule has 5 nitrogen and oxygen atoms in total. The molecule has 2 N–H and O–H groups in total. The molecule has 3 aromatic rings. The zero-order valence-corrected chi connectivity index (χ0v) is 18.3. The topological polar surface area (TPSA) is 67.4 Å². The highest BCUT2D eigenvalue weighted by Gasteiger charge is 2.48. The summed E-state index contributed by atoms with van der Waals surface area (Å²) in [5.41, 5.74) is 5.97. The summed E-state index contributed by atoms with van der Waals surface area (Å²) in [6.07, 6.45) is 1.42. The number of thioether (sulfide) groups is 1. The number of nitrogens with two attached hydrogens (primary N) is 1. The Hall–Kier alpha value is -1.88. The van der Waals surface area contributed by atoms with Gasteiger partial charge in [0.05, 0.1) is 0 Å². The largest absolute Gasteiger partial charge is 0.330 e. The van der Waals surface area contributed by atoms with Gasteiger partial charge >= 0.3 is 0 Å². The molecule has 0 spiro atoms. The SMILES string of the molecule is Cc1ccc(C2(CCCN)SC(c3cc(F)ccc3F)=NN2c2nnc(C)s2)s1. The minimum Gasteiger partial charge on any atom is -0.330 e. The van der Waals surface area contributed by atoms with Crippen molar-refractivity contribution in [2.75, 3.05) is 11.6 Å². The van der Waals surface area contributed by atoms with Crippen LogP contribution >= 0.6 is 34.4 Å². The second-order valence-electron chi connectivity index (χ2n) is 6.63. The predicted molar refractivity (Wildman–Crippen MR) is 117 cm³/mol. The summed E-state index contributed by atoms with van der Waals surface area (Å²) in [4.78, 5) is 1.58. The molecule has 1 aliphatic rings. The van der Waals surface area contributed by atoms with E-state index in [1.54, 1.807) is 11.3 Å². The first kappa shape index (κ1) is 20.4. The van der Waals surface area contributed by atoms with Gasteiger partial charge in [-0.05, 0) is 63.6 Å². The molecular formula is C19H19F2N5S3. The van der Waals surface area contributed by atoms with Crippen LogP contribution in [0.2, 0.25) is 0 Å². The number of aromatic nitrogens is 2. The highest BCUT2D eigenvalue weighted by atomic mass is 32.2. The van der Waals surface area contributed by atoms with E-state index >= 15 is 0 Å². The lowest BCUT2D eigenvalue weighted by Gasteiger charge is -2.34. The highest BCUT2D eigenvalue weighted by molar-refractivity contribution is 8.15. The van der Waals surface area contributed by atoms with Gasteiger partial charge in [0.15, 0.2) is 4.87 Å². The van der Waals surface area contributed by atoms with Gasteiger partial charge in [-0.1, -0.05) is 23.1 Å². The Bertz CT molecular complexity index is 1060. The molecule has 0 fully saturated rings. The van der Waals surface area contributed by atoms with E-state index < -0.39 is 16.5 Å². The number of hydrazone groups is 1. The molecule has 1 unspecified atom stereocenters. The van der Waals surface area contributed by atoms with E-state index in [0.717, 1.165) is 33.3 Å². The summed E-state index contributed by atoms with van der Waals surface area (Å²) < 4.78 is 28.4. The fourth-order valence-corrected chi connectivity index (χ4v) is 6.48. The molecule has 0 saturated carbocycles. The lowest BCUT2D eigenvalue weighted by Crippen LogP contribution is -2.37. The highest BCUT2D eigenvalue weighted by Crippen LogP contribution is 2.54. The van der Waals surface area contributed by atoms with Crippen molar-refractivity contribution in [3.63, 3.8) is 0 Å². The molecule has 0 radical (unpaired) electrons. The number of anilines is 1. The Kier molecular flexibility index (Phi) is 5.69. The average Bonchev–Trinajstić information content (AvgIpc) is 3.41. The third-order valence-corrected chi connectivity index (χ3v) is 8.02. The number of hydrogen-bond acceptors (Lipinski definition) is 8. The van der Waals surface area contributed by atoms with Gasteiger partial charge in [-0.3, -0.25) is 0 Å². The molecule has 1 aromatic carbocycles. The van der Waals surface area contributed by atoms with Crippen molar-refractivity contribution >= 4 is 44.6 Å². The number of nitrogens with zero attached hydrogens (tertiary/aromatic N) is 4. The maximum Gasteiger partial charge on any atom is 0.230 e. The molecule has 3 heterocycles. The number of rotatable bonds is 6. The monoisotopic (exact) mass is 451 g/mol. The number of benzene rings is 1. The molecule has 0 saturated heterocycles. The van der Waals surface area contributed by atoms with E-state index in [2.05, 4.69) is 22.3 Å². The minimum absolute atomic E-state index is 0.143. The zero-order chi connectivity index (χ0) is 20.6. The molecule has 0 bridgehead atoms. The number of thiophene rings is 1. The van der Waals surface area contributed by atoms with Crippen molar-refractivity contribution in [3.8, 4) is 0 Å². The molecule has 4 rings (SSSR count). The summed E-state index contributed by atoms with van der Waals surface area (Å²) >= 11 is 4.49. The summed E-state index contributed by atoms with van der Waals surface area (Å²) in [5, 5.41) is 16.8. The maximum absolute atomic E-state index is 14.5. The summed E-state index contributed by atoms with van der Waals surface area (Å²) in [6, 6.07) is 7.53. The Morgan fingerprint density at radius 2 is 1.93 bits per heavy atom. The van der Waals surface area contributed by atoms with E-state index in [-0.39, 0.29) is 5.56 Å². The van der Waals surface area contributed by atoms with Gasteiger partial charge in [-0.15, -0.1) is 21.5 Å². The number of aryl methyl sites for hydroxylation is 2. The second kappa shape index (κ2) is 8.10. The minimum atomic E-state index is -0.641. The van der Waals surface area contributed by atoms with Gasteiger partial charge in [0, 0.05) is 15.3 Å². The molecule has 1 atom stereocenters. The fourth-order valence-electron chi connectivity index (χ4n) is 3.16. The van der Waals surface area contributed by atoms with Crippen LogP contribution in [0.5, 0.6) is 0 Å². The maximum atomic E-state index is 14.5. The van der Waals surface area contributed by atoms with Crippen molar-refractivity contribution in [1.29, 1.82) is 0 Å². The second-order valence-corrected chi connectivity index (χ2v) is 10.3. The predicted octanol–water partition coefficient (Wildman–Crippen LogP) is 5.00. The molecule has 2 aromatic heterocycles. The molecule has 0 aliphatic carbocycles. The van der Waals surface area contributed by atoms with Gasteiger partial charge in [0.2, 0.25) is 5.13 Å². The Balaban J connectivity index is 1.87. The van der Waals surface area contributed by atoms with E-state index in [0.29, 0.717) is 23.1 Å². The Labute approximate surface area is 179 Å². The molecule has 152 valence electrons. The van der Waals surface area contributed by atoms with Gasteiger partial charge in [0.25, 0.3) is 0 Å². The molecule has 0 amide bonds. The summed E-state index contributed by atoms with van der Waals surface area (Å²) in [5.74, 6) is -1.02. The van der Waals surface area contributed by atoms with Crippen LogP contribution in [0.1, 0.15) is 33.2 Å². The normalized spacial score (nSPS) is 19.1. The summed E-state index contributed by atoms with van der Waals surface area (Å²) in [6.45, 7) is 4.43. The van der Waals surface area contributed by atoms with Crippen molar-refractivity contribution in [3.05, 3.63) is 62.3 Å². The van der Waals surface area contributed by atoms with Crippen molar-refractivity contribution < 1.29 is 8.78 Å². The van der Waals surface area contributed by atoms with E-state index in [1.807, 2.05) is 18.9 Å².